The van der Waals surface area contributed by atoms with Crippen LogP contribution >= 0.6 is 0 Å². The third kappa shape index (κ3) is 6.45. The predicted molar refractivity (Wildman–Crippen MR) is 85.8 cm³/mol. The van der Waals surface area contributed by atoms with E-state index in [0.717, 1.165) is 0 Å². The molecular formula is C19H21Cl2NZr. The van der Waals surface area contributed by atoms with Gasteiger partial charge in [0.1, 0.15) is 0 Å². The molecule has 1 aliphatic carbocycles. The van der Waals surface area contributed by atoms with E-state index in [0.29, 0.717) is 0 Å². The number of allylic oxidation sites excluding steroid dienone is 2. The molecule has 1 nitrogen and oxygen atoms in total. The average molecular weight is 426 g/mol. The van der Waals surface area contributed by atoms with Gasteiger partial charge in [-0.1, -0.05) is 52.8 Å². The first-order valence-electron chi connectivity index (χ1n) is 6.90. The number of aryl methyl sites for hydroxylation is 2. The zero-order valence-corrected chi connectivity index (χ0v) is 18.1. The Balaban J connectivity index is 0. The van der Waals surface area contributed by atoms with E-state index < -0.39 is 0 Å². The Hall–Kier alpha value is -0.557. The van der Waals surface area contributed by atoms with Gasteiger partial charge in [0.15, 0.2) is 0 Å². The number of hydrogen-bond acceptors (Lipinski definition) is 0. The van der Waals surface area contributed by atoms with Crippen molar-refractivity contribution in [3.05, 3.63) is 68.9 Å². The van der Waals surface area contributed by atoms with Crippen molar-refractivity contribution in [2.24, 2.45) is 0 Å². The summed E-state index contributed by atoms with van der Waals surface area (Å²) >= 11 is 0. The van der Waals surface area contributed by atoms with Crippen LogP contribution in [0.5, 0.6) is 0 Å². The van der Waals surface area contributed by atoms with Crippen LogP contribution in [0.3, 0.4) is 0 Å². The van der Waals surface area contributed by atoms with Crippen LogP contribution in [-0.4, -0.2) is 4.98 Å². The number of benzene rings is 1. The van der Waals surface area contributed by atoms with Crippen molar-refractivity contribution in [2.45, 2.75) is 34.6 Å². The summed E-state index contributed by atoms with van der Waals surface area (Å²) in [5.74, 6) is 0. The van der Waals surface area contributed by atoms with Crippen molar-refractivity contribution < 1.29 is 51.0 Å². The van der Waals surface area contributed by atoms with E-state index in [1.807, 2.05) is 6.07 Å². The first-order chi connectivity index (χ1) is 9.49. The van der Waals surface area contributed by atoms with Crippen LogP contribution in [0.15, 0.2) is 35.4 Å². The fraction of sp³-hybridized carbons (Fsp3) is 0.263. The molecule has 1 aromatic heterocycles. The second-order valence-electron chi connectivity index (χ2n) is 5.40. The summed E-state index contributed by atoms with van der Waals surface area (Å²) < 4.78 is 0. The van der Waals surface area contributed by atoms with Crippen LogP contribution < -0.4 is 35.3 Å². The van der Waals surface area contributed by atoms with Crippen molar-refractivity contribution in [1.82, 2.24) is 4.98 Å². The van der Waals surface area contributed by atoms with Crippen LogP contribution in [0, 0.1) is 27.0 Å². The topological polar surface area (TPSA) is 15.8 Å². The van der Waals surface area contributed by atoms with Gasteiger partial charge in [-0.3, -0.25) is 0 Å². The molecule has 23 heavy (non-hydrogen) atoms. The van der Waals surface area contributed by atoms with Crippen molar-refractivity contribution in [2.75, 3.05) is 0 Å². The summed E-state index contributed by atoms with van der Waals surface area (Å²) in [5.41, 5.74) is 6.33. The molecule has 120 valence electrons. The summed E-state index contributed by atoms with van der Waals surface area (Å²) in [7, 11) is 0. The Kier molecular flexibility index (Phi) is 11.9. The maximum Gasteiger partial charge on any atom is 4.00 e. The van der Waals surface area contributed by atoms with Crippen molar-refractivity contribution in [1.29, 1.82) is 0 Å². The predicted octanol–water partition coefficient (Wildman–Crippen LogP) is -2.78. The molecule has 0 atom stereocenters. The minimum atomic E-state index is 0. The molecule has 0 spiro atoms. The standard InChI is InChI=1S/C12H11.C7H10N.2ClH.Zr/c1-9(2)12-7-10-5-3-4-6-11(10)8-12;1-5-4-8-7(3)6(5)2;;;/h3-7H,1-2H3;8H,1-3H3;2*1H;/q2*-1;;;+4/p-2. The fourth-order valence-electron chi connectivity index (χ4n) is 2.00. The molecule has 0 saturated carbocycles. The van der Waals surface area contributed by atoms with Crippen LogP contribution in [0.4, 0.5) is 0 Å². The fourth-order valence-corrected chi connectivity index (χ4v) is 2.00. The summed E-state index contributed by atoms with van der Waals surface area (Å²) in [4.78, 5) is 3.01. The number of aromatic amines is 1. The van der Waals surface area contributed by atoms with Gasteiger partial charge in [-0.25, -0.2) is 0 Å². The number of fused-ring (bicyclic) bond motifs is 1. The van der Waals surface area contributed by atoms with Crippen LogP contribution in [0.1, 0.15) is 30.7 Å². The molecule has 0 aliphatic heterocycles. The molecule has 0 unspecified atom stereocenters. The molecule has 0 radical (unpaired) electrons. The summed E-state index contributed by atoms with van der Waals surface area (Å²) in [6, 6.07) is 8.33. The molecule has 3 rings (SSSR count). The molecule has 2 aromatic rings. The van der Waals surface area contributed by atoms with Gasteiger partial charge in [-0.2, -0.15) is 11.1 Å². The second-order valence-corrected chi connectivity index (χ2v) is 5.40. The molecule has 1 heterocycles. The van der Waals surface area contributed by atoms with Gasteiger partial charge in [-0.15, -0.1) is 51.7 Å². The summed E-state index contributed by atoms with van der Waals surface area (Å²) in [6.07, 6.45) is 8.55. The third-order valence-corrected chi connectivity index (χ3v) is 3.63. The van der Waals surface area contributed by atoms with E-state index in [1.54, 1.807) is 0 Å². The normalized spacial score (nSPS) is 10.4. The van der Waals surface area contributed by atoms with E-state index in [1.165, 1.54) is 38.4 Å². The van der Waals surface area contributed by atoms with Crippen molar-refractivity contribution in [3.8, 4) is 0 Å². The SMILES string of the molecule is CC(C)=C1[C-]=c2ccccc2=C1.Cc1[c-][nH]c(C)c1C.[Cl-].[Cl-].[Zr+4]. The Morgan fingerprint density at radius 1 is 1.00 bits per heavy atom. The minimum Gasteiger partial charge on any atom is -1.00 e. The van der Waals surface area contributed by atoms with Gasteiger partial charge >= 0.3 is 26.2 Å². The quantitative estimate of drug-likeness (QED) is 0.440. The van der Waals surface area contributed by atoms with Gasteiger partial charge in [-0.05, 0) is 0 Å². The molecule has 0 saturated heterocycles. The van der Waals surface area contributed by atoms with Gasteiger partial charge < -0.3 is 29.8 Å². The van der Waals surface area contributed by atoms with Crippen LogP contribution in [-0.2, 0) is 26.2 Å². The number of nitrogens with one attached hydrogen (secondary N) is 1. The zero-order valence-electron chi connectivity index (χ0n) is 14.1. The number of rotatable bonds is 0. The van der Waals surface area contributed by atoms with E-state index >= 15 is 0 Å². The monoisotopic (exact) mass is 423 g/mol. The molecule has 1 aromatic carbocycles. The first kappa shape index (κ1) is 24.7. The Morgan fingerprint density at radius 3 is 2.00 bits per heavy atom. The second kappa shape index (κ2) is 11.1. The molecule has 1 aliphatic rings. The van der Waals surface area contributed by atoms with E-state index in [9.17, 15) is 0 Å². The van der Waals surface area contributed by atoms with Crippen LogP contribution in [0.2, 0.25) is 0 Å². The summed E-state index contributed by atoms with van der Waals surface area (Å²) in [5, 5.41) is 2.50. The number of H-pyrrole nitrogens is 1. The number of aromatic nitrogens is 1. The Labute approximate surface area is 170 Å². The maximum atomic E-state index is 3.36. The molecular weight excluding hydrogens is 404 g/mol. The average Bonchev–Trinajstić information content (AvgIpc) is 2.99. The van der Waals surface area contributed by atoms with Gasteiger partial charge in [0, 0.05) is 0 Å². The smallest absolute Gasteiger partial charge is 1.00 e. The number of halogens is 2. The van der Waals surface area contributed by atoms with Gasteiger partial charge in [0.05, 0.1) is 0 Å². The minimum absolute atomic E-state index is 0. The van der Waals surface area contributed by atoms with E-state index in [-0.39, 0.29) is 51.0 Å². The van der Waals surface area contributed by atoms with Crippen LogP contribution in [0.25, 0.3) is 12.2 Å². The van der Waals surface area contributed by atoms with E-state index in [2.05, 4.69) is 76.2 Å². The number of hydrogen-bond donors (Lipinski definition) is 1. The third-order valence-electron chi connectivity index (χ3n) is 3.63. The maximum absolute atomic E-state index is 3.36. The van der Waals surface area contributed by atoms with Crippen molar-refractivity contribution >= 4 is 12.2 Å². The van der Waals surface area contributed by atoms with E-state index in [4.69, 9.17) is 0 Å². The Bertz CT molecular complexity index is 712. The zero-order chi connectivity index (χ0) is 14.7. The molecule has 0 fully saturated rings. The molecule has 1 N–H and O–H groups in total. The Morgan fingerprint density at radius 2 is 1.61 bits per heavy atom. The molecule has 4 heteroatoms. The molecule has 0 amide bonds. The van der Waals surface area contributed by atoms with Gasteiger partial charge in [0.25, 0.3) is 0 Å². The molecule has 0 bridgehead atoms. The van der Waals surface area contributed by atoms with Gasteiger partial charge in [0.2, 0.25) is 0 Å². The summed E-state index contributed by atoms with van der Waals surface area (Å²) in [6.45, 7) is 10.4. The van der Waals surface area contributed by atoms with Crippen molar-refractivity contribution in [3.63, 3.8) is 0 Å². The first-order valence-corrected chi connectivity index (χ1v) is 6.90. The largest absolute Gasteiger partial charge is 4.00 e.